The number of fused-ring (bicyclic) bond motifs is 1. The van der Waals surface area contributed by atoms with Gasteiger partial charge in [0.05, 0.1) is 29.8 Å². The SMILES string of the molecule is COc1cccc(C(O)=Cc2nc3cc(C#N)ccc3[nH]c2=O)c1. The second kappa shape index (κ2) is 6.26. The van der Waals surface area contributed by atoms with Gasteiger partial charge in [0.1, 0.15) is 17.2 Å². The number of aromatic nitrogens is 2. The quantitative estimate of drug-likeness (QED) is 0.723. The lowest BCUT2D eigenvalue weighted by atomic mass is 10.1. The zero-order chi connectivity index (χ0) is 17.1. The largest absolute Gasteiger partial charge is 0.507 e. The van der Waals surface area contributed by atoms with Gasteiger partial charge in [0.15, 0.2) is 0 Å². The average molecular weight is 319 g/mol. The molecule has 0 saturated carbocycles. The number of rotatable bonds is 3. The molecule has 6 heteroatoms. The van der Waals surface area contributed by atoms with E-state index in [1.807, 2.05) is 6.07 Å². The molecular weight excluding hydrogens is 306 g/mol. The molecule has 1 aromatic heterocycles. The summed E-state index contributed by atoms with van der Waals surface area (Å²) < 4.78 is 5.11. The van der Waals surface area contributed by atoms with E-state index in [-0.39, 0.29) is 11.5 Å². The fraction of sp³-hybridized carbons (Fsp3) is 0.0556. The van der Waals surface area contributed by atoms with Crippen molar-refractivity contribution in [3.63, 3.8) is 0 Å². The number of hydrogen-bond donors (Lipinski definition) is 2. The smallest absolute Gasteiger partial charge is 0.274 e. The molecule has 0 aliphatic rings. The third-order valence-electron chi connectivity index (χ3n) is 3.49. The molecule has 0 bridgehead atoms. The maximum absolute atomic E-state index is 12.1. The van der Waals surface area contributed by atoms with Crippen LogP contribution in [0, 0.1) is 11.3 Å². The molecule has 0 unspecified atom stereocenters. The molecule has 3 aromatic rings. The van der Waals surface area contributed by atoms with E-state index in [1.54, 1.807) is 42.5 Å². The Bertz CT molecular complexity index is 1050. The van der Waals surface area contributed by atoms with Crippen LogP contribution in [0.4, 0.5) is 0 Å². The third kappa shape index (κ3) is 2.96. The van der Waals surface area contributed by atoms with E-state index in [0.717, 1.165) is 0 Å². The maximum atomic E-state index is 12.1. The molecule has 0 aliphatic heterocycles. The van der Waals surface area contributed by atoms with Gasteiger partial charge in [0, 0.05) is 11.6 Å². The first-order valence-electron chi connectivity index (χ1n) is 7.10. The minimum atomic E-state index is -0.429. The lowest BCUT2D eigenvalue weighted by molar-refractivity contribution is 0.414. The van der Waals surface area contributed by atoms with Crippen molar-refractivity contribution in [1.82, 2.24) is 9.97 Å². The van der Waals surface area contributed by atoms with Crippen LogP contribution in [0.5, 0.6) is 5.75 Å². The fourth-order valence-corrected chi connectivity index (χ4v) is 2.26. The van der Waals surface area contributed by atoms with Crippen molar-refractivity contribution < 1.29 is 9.84 Å². The minimum Gasteiger partial charge on any atom is -0.507 e. The zero-order valence-electron chi connectivity index (χ0n) is 12.8. The fourth-order valence-electron chi connectivity index (χ4n) is 2.26. The third-order valence-corrected chi connectivity index (χ3v) is 3.49. The Labute approximate surface area is 137 Å². The molecule has 0 radical (unpaired) electrons. The minimum absolute atomic E-state index is 0.0536. The first-order valence-corrected chi connectivity index (χ1v) is 7.10. The molecule has 0 atom stereocenters. The van der Waals surface area contributed by atoms with Crippen LogP contribution in [-0.4, -0.2) is 22.2 Å². The Hall–Kier alpha value is -3.59. The molecule has 2 N–H and O–H groups in total. The summed E-state index contributed by atoms with van der Waals surface area (Å²) in [5.74, 6) is 0.481. The van der Waals surface area contributed by atoms with E-state index in [9.17, 15) is 9.90 Å². The lowest BCUT2D eigenvalue weighted by Gasteiger charge is -2.04. The standard InChI is InChI=1S/C18H13N3O3/c1-24-13-4-2-3-12(8-13)17(22)9-16-18(23)21-14-6-5-11(10-19)7-15(14)20-16/h2-9,22H,1H3,(H,21,23). The van der Waals surface area contributed by atoms with E-state index < -0.39 is 5.56 Å². The number of nitrogens with zero attached hydrogens (tertiary/aromatic N) is 2. The lowest BCUT2D eigenvalue weighted by Crippen LogP contribution is -2.12. The number of hydrogen-bond acceptors (Lipinski definition) is 5. The molecule has 0 amide bonds. The number of aliphatic hydroxyl groups is 1. The molecule has 0 aliphatic carbocycles. The zero-order valence-corrected chi connectivity index (χ0v) is 12.8. The summed E-state index contributed by atoms with van der Waals surface area (Å²) in [5.41, 5.74) is 1.56. The Morgan fingerprint density at radius 2 is 2.17 bits per heavy atom. The molecule has 0 saturated heterocycles. The van der Waals surface area contributed by atoms with Crippen LogP contribution in [0.25, 0.3) is 22.9 Å². The van der Waals surface area contributed by atoms with Crippen LogP contribution in [0.2, 0.25) is 0 Å². The van der Waals surface area contributed by atoms with Crippen molar-refractivity contribution in [3.05, 3.63) is 69.6 Å². The number of methoxy groups -OCH3 is 1. The number of aliphatic hydroxyl groups excluding tert-OH is 1. The number of nitrogens with one attached hydrogen (secondary N) is 1. The average Bonchev–Trinajstić information content (AvgIpc) is 2.62. The highest BCUT2D eigenvalue weighted by molar-refractivity contribution is 5.80. The van der Waals surface area contributed by atoms with Crippen molar-refractivity contribution in [2.24, 2.45) is 0 Å². The summed E-state index contributed by atoms with van der Waals surface area (Å²) in [4.78, 5) is 19.0. The van der Waals surface area contributed by atoms with Gasteiger partial charge in [-0.25, -0.2) is 4.98 Å². The molecule has 24 heavy (non-hydrogen) atoms. The van der Waals surface area contributed by atoms with Crippen LogP contribution in [-0.2, 0) is 0 Å². The van der Waals surface area contributed by atoms with Gasteiger partial charge in [0.25, 0.3) is 5.56 Å². The van der Waals surface area contributed by atoms with Crippen LogP contribution in [0.1, 0.15) is 16.8 Å². The summed E-state index contributed by atoms with van der Waals surface area (Å²) in [5, 5.41) is 19.2. The predicted octanol–water partition coefficient (Wildman–Crippen LogP) is 2.86. The van der Waals surface area contributed by atoms with Gasteiger partial charge in [-0.05, 0) is 30.3 Å². The summed E-state index contributed by atoms with van der Waals surface area (Å²) in [6.07, 6.45) is 1.28. The molecule has 0 fully saturated rings. The van der Waals surface area contributed by atoms with Crippen LogP contribution in [0.3, 0.4) is 0 Å². The number of benzene rings is 2. The van der Waals surface area contributed by atoms with Gasteiger partial charge >= 0.3 is 0 Å². The molecule has 118 valence electrons. The van der Waals surface area contributed by atoms with Gasteiger partial charge in [-0.1, -0.05) is 12.1 Å². The molecular formula is C18H13N3O3. The maximum Gasteiger partial charge on any atom is 0.274 e. The van der Waals surface area contributed by atoms with E-state index >= 15 is 0 Å². The Balaban J connectivity index is 2.09. The van der Waals surface area contributed by atoms with E-state index in [1.165, 1.54) is 13.2 Å². The predicted molar refractivity (Wildman–Crippen MR) is 90.6 cm³/mol. The molecule has 0 spiro atoms. The van der Waals surface area contributed by atoms with Crippen LogP contribution in [0.15, 0.2) is 47.3 Å². The Morgan fingerprint density at radius 1 is 1.33 bits per heavy atom. The molecule has 1 heterocycles. The Kier molecular flexibility index (Phi) is 4.00. The van der Waals surface area contributed by atoms with Crippen molar-refractivity contribution in [3.8, 4) is 11.8 Å². The van der Waals surface area contributed by atoms with Crippen LogP contribution < -0.4 is 10.3 Å². The Morgan fingerprint density at radius 3 is 2.92 bits per heavy atom. The van der Waals surface area contributed by atoms with Crippen LogP contribution >= 0.6 is 0 Å². The van der Waals surface area contributed by atoms with Crippen molar-refractivity contribution in [1.29, 1.82) is 5.26 Å². The summed E-state index contributed by atoms with van der Waals surface area (Å²) in [6, 6.07) is 13.6. The van der Waals surface area contributed by atoms with Gasteiger partial charge in [-0.2, -0.15) is 5.26 Å². The summed E-state index contributed by atoms with van der Waals surface area (Å²) in [6.45, 7) is 0. The van der Waals surface area contributed by atoms with E-state index in [0.29, 0.717) is 27.9 Å². The highest BCUT2D eigenvalue weighted by atomic mass is 16.5. The van der Waals surface area contributed by atoms with Crippen molar-refractivity contribution in [2.45, 2.75) is 0 Å². The monoisotopic (exact) mass is 319 g/mol. The van der Waals surface area contributed by atoms with Crippen molar-refractivity contribution in [2.75, 3.05) is 7.11 Å². The normalized spacial score (nSPS) is 11.2. The molecule has 3 rings (SSSR count). The van der Waals surface area contributed by atoms with Gasteiger partial charge in [-0.3, -0.25) is 4.79 Å². The number of H-pyrrole nitrogens is 1. The number of ether oxygens (including phenoxy) is 1. The topological polar surface area (TPSA) is 99.0 Å². The summed E-state index contributed by atoms with van der Waals surface area (Å²) >= 11 is 0. The number of nitriles is 1. The second-order valence-corrected chi connectivity index (χ2v) is 5.06. The van der Waals surface area contributed by atoms with Gasteiger partial charge < -0.3 is 14.8 Å². The number of aromatic amines is 1. The summed E-state index contributed by atoms with van der Waals surface area (Å²) in [7, 11) is 1.53. The highest BCUT2D eigenvalue weighted by Crippen LogP contribution is 2.20. The second-order valence-electron chi connectivity index (χ2n) is 5.06. The highest BCUT2D eigenvalue weighted by Gasteiger charge is 2.07. The van der Waals surface area contributed by atoms with Crippen molar-refractivity contribution >= 4 is 22.9 Å². The first-order chi connectivity index (χ1) is 11.6. The van der Waals surface area contributed by atoms with E-state index in [4.69, 9.17) is 10.00 Å². The molecule has 6 nitrogen and oxygen atoms in total. The first kappa shape index (κ1) is 15.3. The van der Waals surface area contributed by atoms with Gasteiger partial charge in [-0.15, -0.1) is 0 Å². The van der Waals surface area contributed by atoms with Gasteiger partial charge in [0.2, 0.25) is 0 Å². The molecule has 2 aromatic carbocycles. The van der Waals surface area contributed by atoms with E-state index in [2.05, 4.69) is 9.97 Å².